The highest BCUT2D eigenvalue weighted by Gasteiger charge is 2.29. The van der Waals surface area contributed by atoms with Gasteiger partial charge in [-0.05, 0) is 67.9 Å². The Bertz CT molecular complexity index is 1160. The summed E-state index contributed by atoms with van der Waals surface area (Å²) in [6, 6.07) is 15.4. The molecule has 1 amide bonds. The molecule has 1 saturated heterocycles. The Morgan fingerprint density at radius 2 is 1.74 bits per heavy atom. The number of likely N-dealkylation sites (tertiary alicyclic amines) is 1. The molecule has 2 aromatic carbocycles. The molecule has 1 aliphatic carbocycles. The van der Waals surface area contributed by atoms with Crippen LogP contribution in [0.25, 0.3) is 0 Å². The number of carbonyl (C=O) groups excluding carboxylic acids is 1. The van der Waals surface area contributed by atoms with E-state index in [4.69, 9.17) is 4.74 Å². The lowest BCUT2D eigenvalue weighted by Gasteiger charge is -2.39. The number of nitrogens with zero attached hydrogens (tertiary/aromatic N) is 2. The first-order chi connectivity index (χ1) is 18.8. The SMILES string of the molecule is CCCCN(C(=O)CC1CCCCC1)C1CCN(Cc2ccc(Oc3ccccc3)c(NS(C)(=O)=O)c2)CC1. The van der Waals surface area contributed by atoms with E-state index in [1.165, 1.54) is 32.1 Å². The summed E-state index contributed by atoms with van der Waals surface area (Å²) in [6.07, 6.45) is 12.2. The lowest BCUT2D eigenvalue weighted by atomic mass is 9.86. The number of para-hydroxylation sites is 1. The molecule has 39 heavy (non-hydrogen) atoms. The fraction of sp³-hybridized carbons (Fsp3) is 0.581. The number of hydrogen-bond acceptors (Lipinski definition) is 5. The van der Waals surface area contributed by atoms with Crippen molar-refractivity contribution in [2.75, 3.05) is 30.6 Å². The molecule has 0 atom stereocenters. The average Bonchev–Trinajstić information content (AvgIpc) is 2.91. The van der Waals surface area contributed by atoms with Crippen LogP contribution in [0.4, 0.5) is 5.69 Å². The van der Waals surface area contributed by atoms with Crippen molar-refractivity contribution in [3.63, 3.8) is 0 Å². The number of sulfonamides is 1. The van der Waals surface area contributed by atoms with Crippen LogP contribution in [0.2, 0.25) is 0 Å². The molecular weight excluding hydrogens is 510 g/mol. The van der Waals surface area contributed by atoms with Crippen molar-refractivity contribution in [3.8, 4) is 11.5 Å². The third-order valence-corrected chi connectivity index (χ3v) is 8.57. The second kappa shape index (κ2) is 14.2. The second-order valence-electron chi connectivity index (χ2n) is 11.3. The maximum atomic E-state index is 13.3. The highest BCUT2D eigenvalue weighted by Crippen LogP contribution is 2.32. The molecule has 1 heterocycles. The monoisotopic (exact) mass is 555 g/mol. The summed E-state index contributed by atoms with van der Waals surface area (Å²) in [5.74, 6) is 2.05. The number of benzene rings is 2. The third kappa shape index (κ3) is 9.24. The van der Waals surface area contributed by atoms with Crippen LogP contribution in [0.5, 0.6) is 11.5 Å². The molecule has 2 aromatic rings. The van der Waals surface area contributed by atoms with E-state index in [1.54, 1.807) is 0 Å². The molecule has 7 nitrogen and oxygen atoms in total. The van der Waals surface area contributed by atoms with Gasteiger partial charge in [0.25, 0.3) is 0 Å². The van der Waals surface area contributed by atoms with Gasteiger partial charge in [0.15, 0.2) is 5.75 Å². The Kier molecular flexibility index (Phi) is 10.7. The predicted octanol–water partition coefficient (Wildman–Crippen LogP) is 6.41. The van der Waals surface area contributed by atoms with E-state index >= 15 is 0 Å². The minimum absolute atomic E-state index is 0.313. The van der Waals surface area contributed by atoms with Crippen LogP contribution in [0.3, 0.4) is 0 Å². The van der Waals surface area contributed by atoms with Crippen molar-refractivity contribution in [2.45, 2.75) is 83.7 Å². The minimum atomic E-state index is -3.47. The van der Waals surface area contributed by atoms with Gasteiger partial charge in [0, 0.05) is 38.6 Å². The lowest BCUT2D eigenvalue weighted by molar-refractivity contribution is -0.136. The number of unbranched alkanes of at least 4 members (excludes halogenated alkanes) is 1. The van der Waals surface area contributed by atoms with E-state index in [0.717, 1.165) is 70.1 Å². The number of rotatable bonds is 12. The van der Waals surface area contributed by atoms with Gasteiger partial charge in [-0.2, -0.15) is 0 Å². The van der Waals surface area contributed by atoms with Gasteiger partial charge >= 0.3 is 0 Å². The zero-order chi connectivity index (χ0) is 27.7. The van der Waals surface area contributed by atoms with Gasteiger partial charge in [0.1, 0.15) is 5.75 Å². The number of anilines is 1. The molecule has 2 aliphatic rings. The summed E-state index contributed by atoms with van der Waals surface area (Å²) < 4.78 is 32.7. The summed E-state index contributed by atoms with van der Waals surface area (Å²) in [6.45, 7) is 5.62. The standard InChI is InChI=1S/C31H45N3O4S/c1-3-4-19-34(31(35)23-25-11-7-5-8-12-25)27-17-20-33(21-18-27)24-26-15-16-30(29(22-26)32-39(2,36)37)38-28-13-9-6-10-14-28/h6,9-10,13-16,22,25,27,32H,3-5,7-8,11-12,17-21,23-24H2,1-2H3. The molecule has 1 saturated carbocycles. The molecule has 0 spiro atoms. The van der Waals surface area contributed by atoms with Gasteiger partial charge < -0.3 is 9.64 Å². The van der Waals surface area contributed by atoms with Gasteiger partial charge in [0.2, 0.25) is 15.9 Å². The Morgan fingerprint density at radius 1 is 1.03 bits per heavy atom. The number of piperidine rings is 1. The van der Waals surface area contributed by atoms with E-state index in [1.807, 2.05) is 48.5 Å². The fourth-order valence-electron chi connectivity index (χ4n) is 5.90. The number of nitrogens with one attached hydrogen (secondary N) is 1. The average molecular weight is 556 g/mol. The fourth-order valence-corrected chi connectivity index (χ4v) is 6.46. The van der Waals surface area contributed by atoms with E-state index in [9.17, 15) is 13.2 Å². The number of amides is 1. The Balaban J connectivity index is 1.37. The summed E-state index contributed by atoms with van der Waals surface area (Å²) in [7, 11) is -3.47. The first-order valence-electron chi connectivity index (χ1n) is 14.7. The number of carbonyl (C=O) groups is 1. The largest absolute Gasteiger partial charge is 0.455 e. The molecule has 1 aliphatic heterocycles. The van der Waals surface area contributed by atoms with Gasteiger partial charge in [-0.3, -0.25) is 14.4 Å². The van der Waals surface area contributed by atoms with Crippen LogP contribution in [-0.4, -0.2) is 56.1 Å². The maximum Gasteiger partial charge on any atom is 0.229 e. The van der Waals surface area contributed by atoms with E-state index < -0.39 is 10.0 Å². The Labute approximate surface area is 235 Å². The molecule has 214 valence electrons. The van der Waals surface area contributed by atoms with Crippen molar-refractivity contribution in [2.24, 2.45) is 5.92 Å². The zero-order valence-corrected chi connectivity index (χ0v) is 24.4. The summed E-state index contributed by atoms with van der Waals surface area (Å²) in [5, 5.41) is 0. The Hall–Kier alpha value is -2.58. The maximum absolute atomic E-state index is 13.3. The van der Waals surface area contributed by atoms with Gasteiger partial charge in [0.05, 0.1) is 11.9 Å². The lowest BCUT2D eigenvalue weighted by Crippen LogP contribution is -2.48. The van der Waals surface area contributed by atoms with Crippen LogP contribution in [-0.2, 0) is 21.4 Å². The van der Waals surface area contributed by atoms with E-state index in [-0.39, 0.29) is 0 Å². The summed E-state index contributed by atoms with van der Waals surface area (Å²) in [4.78, 5) is 18.0. The second-order valence-corrected chi connectivity index (χ2v) is 13.0. The first kappa shape index (κ1) is 29.4. The first-order valence-corrected chi connectivity index (χ1v) is 16.6. The molecule has 0 aromatic heterocycles. The van der Waals surface area contributed by atoms with Crippen molar-refractivity contribution in [3.05, 3.63) is 54.1 Å². The van der Waals surface area contributed by atoms with Crippen LogP contribution >= 0.6 is 0 Å². The zero-order valence-electron chi connectivity index (χ0n) is 23.6. The van der Waals surface area contributed by atoms with Crippen LogP contribution in [0.1, 0.15) is 76.7 Å². The third-order valence-electron chi connectivity index (χ3n) is 7.98. The van der Waals surface area contributed by atoms with Crippen molar-refractivity contribution >= 4 is 21.6 Å². The molecule has 1 N–H and O–H groups in total. The van der Waals surface area contributed by atoms with E-state index in [0.29, 0.717) is 35.1 Å². The molecular formula is C31H45N3O4S. The highest BCUT2D eigenvalue weighted by molar-refractivity contribution is 7.92. The molecule has 0 bridgehead atoms. The number of hydrogen-bond donors (Lipinski definition) is 1. The minimum Gasteiger partial charge on any atom is -0.455 e. The van der Waals surface area contributed by atoms with Crippen molar-refractivity contribution in [1.29, 1.82) is 0 Å². The smallest absolute Gasteiger partial charge is 0.229 e. The molecule has 8 heteroatoms. The van der Waals surface area contributed by atoms with Gasteiger partial charge in [-0.1, -0.05) is 56.9 Å². The molecule has 0 unspecified atom stereocenters. The quantitative estimate of drug-likeness (QED) is 0.327. The predicted molar refractivity (Wildman–Crippen MR) is 158 cm³/mol. The van der Waals surface area contributed by atoms with E-state index in [2.05, 4.69) is 21.4 Å². The molecule has 4 rings (SSSR count). The van der Waals surface area contributed by atoms with Crippen LogP contribution in [0.15, 0.2) is 48.5 Å². The van der Waals surface area contributed by atoms with Gasteiger partial charge in [-0.25, -0.2) is 8.42 Å². The van der Waals surface area contributed by atoms with Crippen LogP contribution in [0, 0.1) is 5.92 Å². The summed E-state index contributed by atoms with van der Waals surface area (Å²) in [5.41, 5.74) is 1.46. The molecule has 2 fully saturated rings. The number of ether oxygens (including phenoxy) is 1. The van der Waals surface area contributed by atoms with Crippen LogP contribution < -0.4 is 9.46 Å². The normalized spacial score (nSPS) is 17.6. The highest BCUT2D eigenvalue weighted by atomic mass is 32.2. The summed E-state index contributed by atoms with van der Waals surface area (Å²) >= 11 is 0. The van der Waals surface area contributed by atoms with Crippen molar-refractivity contribution < 1.29 is 17.9 Å². The molecule has 0 radical (unpaired) electrons. The van der Waals surface area contributed by atoms with Crippen molar-refractivity contribution in [1.82, 2.24) is 9.80 Å². The Morgan fingerprint density at radius 3 is 2.41 bits per heavy atom. The van der Waals surface area contributed by atoms with Gasteiger partial charge in [-0.15, -0.1) is 0 Å². The topological polar surface area (TPSA) is 79.0 Å².